The Bertz CT molecular complexity index is 849. The molecule has 0 spiro atoms. The first-order valence-corrected chi connectivity index (χ1v) is 9.76. The lowest BCUT2D eigenvalue weighted by atomic mass is 9.92. The summed E-state index contributed by atoms with van der Waals surface area (Å²) < 4.78 is 19.0. The maximum atomic E-state index is 12.2. The molecule has 6 heteroatoms. The lowest BCUT2D eigenvalue weighted by molar-refractivity contribution is 0.257. The van der Waals surface area contributed by atoms with Crippen molar-refractivity contribution < 1.29 is 13.7 Å². The first-order chi connectivity index (χ1) is 12.0. The summed E-state index contributed by atoms with van der Waals surface area (Å²) in [5, 5.41) is 2.94. The summed E-state index contributed by atoms with van der Waals surface area (Å²) in [4.78, 5) is 12.2. The van der Waals surface area contributed by atoms with Crippen LogP contribution in [0.5, 0.6) is 5.75 Å². The zero-order valence-electron chi connectivity index (χ0n) is 14.6. The van der Waals surface area contributed by atoms with Crippen molar-refractivity contribution >= 4 is 22.7 Å². The van der Waals surface area contributed by atoms with Gasteiger partial charge in [-0.25, -0.2) is 9.00 Å². The molecule has 0 heterocycles. The van der Waals surface area contributed by atoms with Gasteiger partial charge in [-0.05, 0) is 60.6 Å². The molecule has 25 heavy (non-hydrogen) atoms. The summed E-state index contributed by atoms with van der Waals surface area (Å²) in [6, 6.07) is 9.55. The van der Waals surface area contributed by atoms with Crippen molar-refractivity contribution in [3.63, 3.8) is 0 Å². The van der Waals surface area contributed by atoms with Gasteiger partial charge >= 0.3 is 6.03 Å². The van der Waals surface area contributed by atoms with Crippen LogP contribution < -0.4 is 14.8 Å². The van der Waals surface area contributed by atoms with Gasteiger partial charge in [-0.2, -0.15) is 0 Å². The van der Waals surface area contributed by atoms with E-state index in [0.717, 1.165) is 47.4 Å². The molecule has 132 valence electrons. The fourth-order valence-electron chi connectivity index (χ4n) is 3.45. The van der Waals surface area contributed by atoms with E-state index in [1.54, 1.807) is 7.11 Å². The molecule has 2 N–H and O–H groups in total. The molecule has 3 rings (SSSR count). The van der Waals surface area contributed by atoms with E-state index in [1.807, 2.05) is 24.3 Å². The minimum atomic E-state index is -1.41. The Kier molecular flexibility index (Phi) is 5.08. The molecule has 0 bridgehead atoms. The highest BCUT2D eigenvalue weighted by Crippen LogP contribution is 2.40. The van der Waals surface area contributed by atoms with Crippen molar-refractivity contribution in [1.29, 1.82) is 0 Å². The topological polar surface area (TPSA) is 67.4 Å². The van der Waals surface area contributed by atoms with E-state index in [1.165, 1.54) is 17.4 Å². The molecule has 0 aliphatic heterocycles. The van der Waals surface area contributed by atoms with Crippen molar-refractivity contribution in [3.05, 3.63) is 47.0 Å². The Hall–Kier alpha value is -2.34. The Morgan fingerprint density at radius 3 is 2.76 bits per heavy atom. The molecule has 0 radical (unpaired) electrons. The summed E-state index contributed by atoms with van der Waals surface area (Å²) in [6.07, 6.45) is 4.46. The molecule has 0 saturated carbocycles. The van der Waals surface area contributed by atoms with Gasteiger partial charge in [-0.3, -0.25) is 4.72 Å². The number of urea groups is 1. The molecule has 0 aromatic heterocycles. The number of carbonyl (C=O) groups excluding carboxylic acids is 1. The van der Waals surface area contributed by atoms with Gasteiger partial charge in [0.15, 0.2) is 0 Å². The van der Waals surface area contributed by atoms with Crippen molar-refractivity contribution in [1.82, 2.24) is 4.72 Å². The summed E-state index contributed by atoms with van der Waals surface area (Å²) in [6.45, 7) is 2.05. The van der Waals surface area contributed by atoms with E-state index in [9.17, 15) is 9.00 Å². The third kappa shape index (κ3) is 3.69. The first-order valence-electron chi connectivity index (χ1n) is 8.20. The minimum Gasteiger partial charge on any atom is -0.497 e. The highest BCUT2D eigenvalue weighted by molar-refractivity contribution is 7.82. The van der Waals surface area contributed by atoms with Crippen LogP contribution in [0.15, 0.2) is 30.3 Å². The normalized spacial score (nSPS) is 13.9. The summed E-state index contributed by atoms with van der Waals surface area (Å²) in [5.74, 6) is 0.766. The molecular formula is C19H22N2O3S. The van der Waals surface area contributed by atoms with Gasteiger partial charge in [0.05, 0.1) is 12.8 Å². The number of nitrogens with one attached hydrogen (secondary N) is 2. The number of amides is 2. The number of methoxy groups -OCH3 is 1. The van der Waals surface area contributed by atoms with Crippen LogP contribution in [0.3, 0.4) is 0 Å². The Morgan fingerprint density at radius 2 is 2.04 bits per heavy atom. The number of hydrogen-bond donors (Lipinski definition) is 2. The predicted molar refractivity (Wildman–Crippen MR) is 101 cm³/mol. The standard InChI is InChI=1S/C19H22N2O3S/c1-12-10-13-6-5-9-16(13)18(20-19(22)21-25(3)23)17(12)14-7-4-8-15(11-14)24-2/h4,7-8,10-11H,5-6,9H2,1-3H3,(H2,20,21,22). The van der Waals surface area contributed by atoms with Crippen LogP contribution in [0.25, 0.3) is 11.1 Å². The highest BCUT2D eigenvalue weighted by atomic mass is 32.2. The van der Waals surface area contributed by atoms with Gasteiger partial charge in [0.1, 0.15) is 16.7 Å². The smallest absolute Gasteiger partial charge is 0.331 e. The maximum absolute atomic E-state index is 12.2. The fourth-order valence-corrected chi connectivity index (χ4v) is 3.76. The molecule has 5 nitrogen and oxygen atoms in total. The van der Waals surface area contributed by atoms with E-state index in [4.69, 9.17) is 4.74 Å². The highest BCUT2D eigenvalue weighted by Gasteiger charge is 2.22. The van der Waals surface area contributed by atoms with E-state index in [0.29, 0.717) is 0 Å². The monoisotopic (exact) mass is 358 g/mol. The molecule has 2 aromatic rings. The molecule has 1 aliphatic rings. The number of benzene rings is 2. The molecule has 1 unspecified atom stereocenters. The molecular weight excluding hydrogens is 336 g/mol. The fraction of sp³-hybridized carbons (Fsp3) is 0.316. The van der Waals surface area contributed by atoms with Crippen LogP contribution in [-0.2, 0) is 23.8 Å². The van der Waals surface area contributed by atoms with Crippen molar-refractivity contribution in [2.45, 2.75) is 26.2 Å². The molecule has 1 atom stereocenters. The van der Waals surface area contributed by atoms with Crippen molar-refractivity contribution in [2.24, 2.45) is 0 Å². The SMILES string of the molecule is COc1cccc(-c2c(C)cc3c(c2NC(=O)NS(C)=O)CCC3)c1. The van der Waals surface area contributed by atoms with Crippen LogP contribution in [0.2, 0.25) is 0 Å². The molecule has 0 saturated heterocycles. The third-order valence-corrected chi connectivity index (χ3v) is 4.90. The van der Waals surface area contributed by atoms with Gasteiger partial charge in [0, 0.05) is 11.8 Å². The number of ether oxygens (including phenoxy) is 1. The zero-order valence-corrected chi connectivity index (χ0v) is 15.5. The van der Waals surface area contributed by atoms with Crippen LogP contribution in [0, 0.1) is 6.92 Å². The number of anilines is 1. The van der Waals surface area contributed by atoms with Gasteiger partial charge in [0.2, 0.25) is 0 Å². The van der Waals surface area contributed by atoms with E-state index in [-0.39, 0.29) is 0 Å². The van der Waals surface area contributed by atoms with Crippen LogP contribution in [0.1, 0.15) is 23.1 Å². The largest absolute Gasteiger partial charge is 0.497 e. The lowest BCUT2D eigenvalue weighted by Gasteiger charge is -2.19. The molecule has 0 fully saturated rings. The first kappa shape index (κ1) is 17.5. The average molecular weight is 358 g/mol. The summed E-state index contributed by atoms with van der Waals surface area (Å²) >= 11 is 0. The lowest BCUT2D eigenvalue weighted by Crippen LogP contribution is -2.30. The number of aryl methyl sites for hydroxylation is 2. The minimum absolute atomic E-state index is 0.454. The molecule has 2 aromatic carbocycles. The average Bonchev–Trinajstić information content (AvgIpc) is 3.02. The molecule has 2 amide bonds. The predicted octanol–water partition coefficient (Wildman–Crippen LogP) is 3.57. The van der Waals surface area contributed by atoms with Gasteiger partial charge in [0.25, 0.3) is 0 Å². The quantitative estimate of drug-likeness (QED) is 0.878. The van der Waals surface area contributed by atoms with Crippen LogP contribution >= 0.6 is 0 Å². The van der Waals surface area contributed by atoms with E-state index < -0.39 is 17.0 Å². The summed E-state index contributed by atoms with van der Waals surface area (Å²) in [7, 11) is 0.226. The Labute approximate surface area is 150 Å². The van der Waals surface area contributed by atoms with Gasteiger partial charge < -0.3 is 10.1 Å². The van der Waals surface area contributed by atoms with E-state index >= 15 is 0 Å². The second-order valence-electron chi connectivity index (χ2n) is 6.18. The van der Waals surface area contributed by atoms with Crippen LogP contribution in [0.4, 0.5) is 10.5 Å². The zero-order chi connectivity index (χ0) is 18.0. The Balaban J connectivity index is 2.13. The second-order valence-corrected chi connectivity index (χ2v) is 7.29. The Morgan fingerprint density at radius 1 is 1.24 bits per heavy atom. The van der Waals surface area contributed by atoms with E-state index in [2.05, 4.69) is 23.0 Å². The molecule has 1 aliphatic carbocycles. The summed E-state index contributed by atoms with van der Waals surface area (Å²) in [5.41, 5.74) is 6.32. The third-order valence-electron chi connectivity index (χ3n) is 4.43. The number of fused-ring (bicyclic) bond motifs is 1. The van der Waals surface area contributed by atoms with Gasteiger partial charge in [-0.1, -0.05) is 18.2 Å². The van der Waals surface area contributed by atoms with Crippen LogP contribution in [-0.4, -0.2) is 23.6 Å². The number of rotatable bonds is 4. The van der Waals surface area contributed by atoms with Crippen molar-refractivity contribution in [3.8, 4) is 16.9 Å². The number of carbonyl (C=O) groups is 1. The van der Waals surface area contributed by atoms with Crippen molar-refractivity contribution in [2.75, 3.05) is 18.7 Å². The van der Waals surface area contributed by atoms with Gasteiger partial charge in [-0.15, -0.1) is 0 Å². The maximum Gasteiger partial charge on any atom is 0.331 e. The second kappa shape index (κ2) is 7.27. The number of hydrogen-bond acceptors (Lipinski definition) is 3.